The predicted molar refractivity (Wildman–Crippen MR) is 82.4 cm³/mol. The Morgan fingerprint density at radius 2 is 1.78 bits per heavy atom. The molecule has 1 atom stereocenters. The van der Waals surface area contributed by atoms with Crippen molar-refractivity contribution in [1.82, 2.24) is 4.90 Å². The van der Waals surface area contributed by atoms with Gasteiger partial charge in [0.1, 0.15) is 5.60 Å². The van der Waals surface area contributed by atoms with Crippen LogP contribution in [0.2, 0.25) is 0 Å². The van der Waals surface area contributed by atoms with Crippen molar-refractivity contribution < 1.29 is 14.3 Å². The molecule has 0 spiro atoms. The van der Waals surface area contributed by atoms with E-state index in [9.17, 15) is 4.79 Å². The second-order valence-corrected chi connectivity index (χ2v) is 6.27. The fourth-order valence-corrected chi connectivity index (χ4v) is 1.97. The Hall–Kier alpha value is -0.0400. The van der Waals surface area contributed by atoms with Gasteiger partial charge in [-0.3, -0.25) is 0 Å². The van der Waals surface area contributed by atoms with Gasteiger partial charge in [-0.2, -0.15) is 0 Å². The smallest absolute Gasteiger partial charge is 0.410 e. The van der Waals surface area contributed by atoms with E-state index in [-0.39, 0.29) is 11.7 Å². The number of nitrogens with zero attached hydrogens (tertiary/aromatic N) is 1. The van der Waals surface area contributed by atoms with Gasteiger partial charge < -0.3 is 14.4 Å². The molecule has 0 fully saturated rings. The third-order valence-electron chi connectivity index (χ3n) is 2.33. The molecule has 0 rings (SSSR count). The van der Waals surface area contributed by atoms with Crippen LogP contribution in [0.5, 0.6) is 0 Å². The Labute approximate surface area is 125 Å². The summed E-state index contributed by atoms with van der Waals surface area (Å²) in [6, 6.07) is 0. The standard InChI is InChI=1S/C13H26INO3/c1-7-15(11(16)18-12(3,4)5)10-13(6,9-14)17-8-2/h7-10H2,1-6H3. The summed E-state index contributed by atoms with van der Waals surface area (Å²) < 4.78 is 12.0. The van der Waals surface area contributed by atoms with Crippen LogP contribution in [0.15, 0.2) is 0 Å². The molecular formula is C13H26INO3. The number of alkyl halides is 1. The summed E-state index contributed by atoms with van der Waals surface area (Å²) in [5.41, 5.74) is -0.779. The van der Waals surface area contributed by atoms with Crippen molar-refractivity contribution in [2.75, 3.05) is 24.1 Å². The van der Waals surface area contributed by atoms with Crippen molar-refractivity contribution in [2.24, 2.45) is 0 Å². The van der Waals surface area contributed by atoms with Gasteiger partial charge >= 0.3 is 6.09 Å². The van der Waals surface area contributed by atoms with Gasteiger partial charge in [0, 0.05) is 17.6 Å². The van der Waals surface area contributed by atoms with Gasteiger partial charge in [0.2, 0.25) is 0 Å². The van der Waals surface area contributed by atoms with E-state index in [0.29, 0.717) is 19.7 Å². The second-order valence-electron chi connectivity index (χ2n) is 5.51. The zero-order valence-electron chi connectivity index (χ0n) is 12.4. The molecule has 0 aliphatic rings. The molecule has 0 aromatic rings. The molecule has 0 aliphatic heterocycles. The van der Waals surface area contributed by atoms with E-state index < -0.39 is 5.60 Å². The molecule has 1 amide bonds. The minimum Gasteiger partial charge on any atom is -0.444 e. The van der Waals surface area contributed by atoms with E-state index in [2.05, 4.69) is 22.6 Å². The Bertz CT molecular complexity index is 265. The summed E-state index contributed by atoms with van der Waals surface area (Å²) in [4.78, 5) is 13.7. The maximum absolute atomic E-state index is 12.0. The predicted octanol–water partition coefficient (Wildman–Crippen LogP) is 3.47. The quantitative estimate of drug-likeness (QED) is 0.530. The van der Waals surface area contributed by atoms with Crippen molar-refractivity contribution in [1.29, 1.82) is 0 Å². The molecule has 4 nitrogen and oxygen atoms in total. The number of hydrogen-bond donors (Lipinski definition) is 0. The maximum Gasteiger partial charge on any atom is 0.410 e. The van der Waals surface area contributed by atoms with Crippen LogP contribution in [0.4, 0.5) is 4.79 Å². The van der Waals surface area contributed by atoms with E-state index in [1.807, 2.05) is 41.5 Å². The molecular weight excluding hydrogens is 345 g/mol. The minimum atomic E-state index is -0.461. The lowest BCUT2D eigenvalue weighted by atomic mass is 10.1. The molecule has 0 aromatic carbocycles. The van der Waals surface area contributed by atoms with Gasteiger partial charge in [-0.25, -0.2) is 4.79 Å². The maximum atomic E-state index is 12.0. The molecule has 1 unspecified atom stereocenters. The zero-order chi connectivity index (χ0) is 14.4. The van der Waals surface area contributed by atoms with E-state index >= 15 is 0 Å². The van der Waals surface area contributed by atoms with Gasteiger partial charge in [0.15, 0.2) is 0 Å². The molecule has 0 bridgehead atoms. The molecule has 108 valence electrons. The highest BCUT2D eigenvalue weighted by Gasteiger charge is 2.30. The molecule has 0 saturated heterocycles. The summed E-state index contributed by atoms with van der Waals surface area (Å²) in [7, 11) is 0. The number of rotatable bonds is 6. The summed E-state index contributed by atoms with van der Waals surface area (Å²) in [5.74, 6) is 0. The van der Waals surface area contributed by atoms with Crippen LogP contribution in [0.25, 0.3) is 0 Å². The Morgan fingerprint density at radius 1 is 1.22 bits per heavy atom. The van der Waals surface area contributed by atoms with Crippen LogP contribution in [0.3, 0.4) is 0 Å². The number of carbonyl (C=O) groups is 1. The van der Waals surface area contributed by atoms with Crippen molar-refractivity contribution in [3.8, 4) is 0 Å². The molecule has 0 saturated carbocycles. The van der Waals surface area contributed by atoms with Gasteiger partial charge in [-0.15, -0.1) is 0 Å². The number of likely N-dealkylation sites (N-methyl/N-ethyl adjacent to an activating group) is 1. The summed E-state index contributed by atoms with van der Waals surface area (Å²) in [6.07, 6.45) is -0.277. The Morgan fingerprint density at radius 3 is 2.11 bits per heavy atom. The van der Waals surface area contributed by atoms with Crippen LogP contribution >= 0.6 is 22.6 Å². The highest BCUT2D eigenvalue weighted by atomic mass is 127. The largest absolute Gasteiger partial charge is 0.444 e. The first kappa shape index (κ1) is 18.0. The average Bonchev–Trinajstić information content (AvgIpc) is 2.24. The van der Waals surface area contributed by atoms with Crippen LogP contribution in [-0.4, -0.2) is 46.3 Å². The monoisotopic (exact) mass is 371 g/mol. The Kier molecular flexibility index (Phi) is 7.51. The molecule has 0 aliphatic carbocycles. The molecule has 0 radical (unpaired) electrons. The summed E-state index contributed by atoms with van der Waals surface area (Å²) >= 11 is 2.29. The molecule has 0 heterocycles. The lowest BCUT2D eigenvalue weighted by Gasteiger charge is -2.34. The number of hydrogen-bond acceptors (Lipinski definition) is 3. The number of carbonyl (C=O) groups excluding carboxylic acids is 1. The van der Waals surface area contributed by atoms with Crippen LogP contribution in [0.1, 0.15) is 41.5 Å². The van der Waals surface area contributed by atoms with Crippen molar-refractivity contribution >= 4 is 28.7 Å². The van der Waals surface area contributed by atoms with Crippen molar-refractivity contribution in [3.05, 3.63) is 0 Å². The van der Waals surface area contributed by atoms with Crippen molar-refractivity contribution in [2.45, 2.75) is 52.7 Å². The normalized spacial score (nSPS) is 15.1. The lowest BCUT2D eigenvalue weighted by Crippen LogP contribution is -2.48. The van der Waals surface area contributed by atoms with E-state index in [1.165, 1.54) is 0 Å². The highest BCUT2D eigenvalue weighted by molar-refractivity contribution is 14.1. The van der Waals surface area contributed by atoms with Crippen LogP contribution < -0.4 is 0 Å². The second kappa shape index (κ2) is 7.53. The van der Waals surface area contributed by atoms with Gasteiger partial charge in [0.25, 0.3) is 0 Å². The van der Waals surface area contributed by atoms with Crippen LogP contribution in [0, 0.1) is 0 Å². The zero-order valence-corrected chi connectivity index (χ0v) is 14.5. The summed E-state index contributed by atoms with van der Waals surface area (Å²) in [5, 5.41) is 0. The third-order valence-corrected chi connectivity index (χ3v) is 3.95. The number of amides is 1. The van der Waals surface area contributed by atoms with Crippen molar-refractivity contribution in [3.63, 3.8) is 0 Å². The topological polar surface area (TPSA) is 38.8 Å². The number of ether oxygens (including phenoxy) is 2. The third kappa shape index (κ3) is 6.78. The first-order valence-electron chi connectivity index (χ1n) is 6.35. The fraction of sp³-hybridized carbons (Fsp3) is 0.923. The Balaban J connectivity index is 4.63. The molecule has 0 aromatic heterocycles. The fourth-order valence-electron chi connectivity index (χ4n) is 1.51. The molecule has 18 heavy (non-hydrogen) atoms. The highest BCUT2D eigenvalue weighted by Crippen LogP contribution is 2.18. The van der Waals surface area contributed by atoms with E-state index in [0.717, 1.165) is 4.43 Å². The lowest BCUT2D eigenvalue weighted by molar-refractivity contribution is -0.0364. The van der Waals surface area contributed by atoms with Gasteiger partial charge in [-0.05, 0) is 41.5 Å². The van der Waals surface area contributed by atoms with E-state index in [1.54, 1.807) is 4.90 Å². The summed E-state index contributed by atoms with van der Waals surface area (Å²) in [6.45, 7) is 13.4. The van der Waals surface area contributed by atoms with Crippen LogP contribution in [-0.2, 0) is 9.47 Å². The SMILES string of the molecule is CCOC(C)(CI)CN(CC)C(=O)OC(C)(C)C. The van der Waals surface area contributed by atoms with Gasteiger partial charge in [-0.1, -0.05) is 22.6 Å². The molecule has 5 heteroatoms. The van der Waals surface area contributed by atoms with Gasteiger partial charge in [0.05, 0.1) is 12.1 Å². The minimum absolute atomic E-state index is 0.277. The van der Waals surface area contributed by atoms with E-state index in [4.69, 9.17) is 9.47 Å². The average molecular weight is 371 g/mol. The first-order chi connectivity index (χ1) is 8.17. The first-order valence-corrected chi connectivity index (χ1v) is 7.88. The molecule has 0 N–H and O–H groups in total. The number of halogens is 1.